The number of hydrogen-bond acceptors (Lipinski definition) is 10. The Balaban J connectivity index is 1.52. The predicted octanol–water partition coefficient (Wildman–Crippen LogP) is 4.14. The monoisotopic (exact) mass is 632 g/mol. The molecule has 44 heavy (non-hydrogen) atoms. The van der Waals surface area contributed by atoms with Crippen molar-refractivity contribution < 1.29 is 37.7 Å². The topological polar surface area (TPSA) is 155 Å². The van der Waals surface area contributed by atoms with Crippen molar-refractivity contribution in [1.82, 2.24) is 9.55 Å². The molecule has 1 aliphatic carbocycles. The number of methoxy groups -OCH3 is 1. The normalized spacial score (nSPS) is 22.1. The Morgan fingerprint density at radius 3 is 2.66 bits per heavy atom. The molecular formula is C31H41N2O10P. The van der Waals surface area contributed by atoms with Crippen LogP contribution in [0.4, 0.5) is 0 Å². The maximum Gasteiger partial charge on any atom is 0.380 e. The Morgan fingerprint density at radius 1 is 1.23 bits per heavy atom. The highest BCUT2D eigenvalue weighted by molar-refractivity contribution is 7.54. The van der Waals surface area contributed by atoms with E-state index >= 15 is 0 Å². The highest BCUT2D eigenvalue weighted by Gasteiger charge is 2.64. The van der Waals surface area contributed by atoms with Crippen molar-refractivity contribution in [3.63, 3.8) is 0 Å². The van der Waals surface area contributed by atoms with Crippen molar-refractivity contribution in [3.8, 4) is 11.5 Å². The number of aromatic nitrogens is 2. The van der Waals surface area contributed by atoms with Gasteiger partial charge in [-0.15, -0.1) is 13.2 Å². The van der Waals surface area contributed by atoms with Gasteiger partial charge in [-0.2, -0.15) is 0 Å². The number of nitrogens with zero attached hydrogens (tertiary/aromatic N) is 1. The van der Waals surface area contributed by atoms with Crippen molar-refractivity contribution in [1.29, 1.82) is 0 Å². The number of ether oxygens (including phenoxy) is 3. The van der Waals surface area contributed by atoms with E-state index in [1.807, 2.05) is 0 Å². The molecule has 2 aliphatic rings. The van der Waals surface area contributed by atoms with E-state index in [9.17, 15) is 24.1 Å². The first-order valence-electron chi connectivity index (χ1n) is 14.7. The van der Waals surface area contributed by atoms with Crippen LogP contribution in [0.1, 0.15) is 50.8 Å². The van der Waals surface area contributed by atoms with Gasteiger partial charge in [0.25, 0.3) is 5.56 Å². The van der Waals surface area contributed by atoms with E-state index < -0.39 is 54.6 Å². The van der Waals surface area contributed by atoms with Gasteiger partial charge >= 0.3 is 19.3 Å². The number of benzene rings is 1. The van der Waals surface area contributed by atoms with Crippen molar-refractivity contribution in [2.75, 3.05) is 26.5 Å². The smallest absolute Gasteiger partial charge is 0.380 e. The molecule has 2 fully saturated rings. The molecule has 1 aromatic carbocycles. The Morgan fingerprint density at radius 2 is 2.00 bits per heavy atom. The summed E-state index contributed by atoms with van der Waals surface area (Å²) in [5.74, 6) is -0.922. The van der Waals surface area contributed by atoms with Crippen LogP contribution in [0.15, 0.2) is 65.4 Å². The summed E-state index contributed by atoms with van der Waals surface area (Å²) in [5.41, 5.74) is -1.08. The van der Waals surface area contributed by atoms with Gasteiger partial charge in [0, 0.05) is 17.7 Å². The highest BCUT2D eigenvalue weighted by atomic mass is 31.2. The molecule has 240 valence electrons. The largest absolute Gasteiger partial charge is 0.493 e. The first kappa shape index (κ1) is 33.5. The van der Waals surface area contributed by atoms with Crippen LogP contribution in [0.5, 0.6) is 11.5 Å². The second kappa shape index (κ2) is 14.6. The standard InChI is InChI=1S/C31H41N2O10P/c1-5-7-8-9-17-40-28(36)21(3)20-44(38,43-23-12-11-22(10-6-2)18-24(23)39-4)41-19-25-27(35)31(14-15-31)29(42-25)33-16-13-26(34)32-30(33)37/h5-6,11-13,16,18,21,25,27,29,35H,1-2,7-10,14-15,17,19-20H2,3-4H3,(H,32,34,37)/t21-,25-,27-,29-,44?/m1/s1. The third-order valence-electron chi connectivity index (χ3n) is 7.90. The number of aliphatic hydroxyl groups excluding tert-OH is 1. The van der Waals surface area contributed by atoms with Gasteiger partial charge in [-0.05, 0) is 56.2 Å². The van der Waals surface area contributed by atoms with Gasteiger partial charge in [0.15, 0.2) is 11.5 Å². The number of aliphatic hydroxyl groups is 1. The fourth-order valence-electron chi connectivity index (χ4n) is 5.31. The van der Waals surface area contributed by atoms with Gasteiger partial charge in [0.1, 0.15) is 12.3 Å². The zero-order valence-corrected chi connectivity index (χ0v) is 26.0. The third kappa shape index (κ3) is 7.79. The first-order valence-corrected chi connectivity index (χ1v) is 16.4. The summed E-state index contributed by atoms with van der Waals surface area (Å²) < 4.78 is 44.4. The summed E-state index contributed by atoms with van der Waals surface area (Å²) in [7, 11) is -2.65. The third-order valence-corrected chi connectivity index (χ3v) is 9.91. The van der Waals surface area contributed by atoms with Crippen LogP contribution in [-0.4, -0.2) is 59.3 Å². The summed E-state index contributed by atoms with van der Waals surface area (Å²) in [6, 6.07) is 6.31. The molecule has 1 saturated heterocycles. The molecule has 2 N–H and O–H groups in total. The van der Waals surface area contributed by atoms with Gasteiger partial charge in [-0.1, -0.05) is 25.1 Å². The van der Waals surface area contributed by atoms with Gasteiger partial charge < -0.3 is 23.8 Å². The number of esters is 1. The Kier molecular flexibility index (Phi) is 11.1. The van der Waals surface area contributed by atoms with E-state index in [-0.39, 0.29) is 25.1 Å². The Labute approximate surface area is 256 Å². The predicted molar refractivity (Wildman–Crippen MR) is 163 cm³/mol. The molecule has 12 nitrogen and oxygen atoms in total. The van der Waals surface area contributed by atoms with Crippen molar-refractivity contribution >= 4 is 13.6 Å². The number of carbonyl (C=O) groups excluding carboxylic acids is 1. The lowest BCUT2D eigenvalue weighted by Crippen LogP contribution is -2.35. The Hall–Kier alpha value is -3.44. The molecule has 1 unspecified atom stereocenters. The molecule has 1 aliphatic heterocycles. The van der Waals surface area contributed by atoms with Crippen molar-refractivity contribution in [3.05, 3.63) is 82.2 Å². The molecule has 1 spiro atoms. The lowest BCUT2D eigenvalue weighted by Gasteiger charge is -2.25. The molecular weight excluding hydrogens is 591 g/mol. The second-order valence-electron chi connectivity index (χ2n) is 11.2. The highest BCUT2D eigenvalue weighted by Crippen LogP contribution is 2.63. The Bertz CT molecular complexity index is 1500. The van der Waals surface area contributed by atoms with E-state index in [0.717, 1.165) is 18.4 Å². The summed E-state index contributed by atoms with van der Waals surface area (Å²) in [6.07, 6.45) is 5.72. The second-order valence-corrected chi connectivity index (χ2v) is 13.3. The average molecular weight is 633 g/mol. The van der Waals surface area contributed by atoms with Crippen LogP contribution < -0.4 is 20.5 Å². The average Bonchev–Trinajstić information content (AvgIpc) is 3.75. The molecule has 1 saturated carbocycles. The number of aromatic amines is 1. The number of hydrogen-bond donors (Lipinski definition) is 2. The molecule has 2 aromatic rings. The lowest BCUT2D eigenvalue weighted by molar-refractivity contribution is -0.147. The molecule has 0 amide bonds. The van der Waals surface area contributed by atoms with Crippen LogP contribution in [0, 0.1) is 11.3 Å². The fraction of sp³-hybridized carbons (Fsp3) is 0.516. The van der Waals surface area contributed by atoms with Gasteiger partial charge in [-0.25, -0.2) is 9.36 Å². The minimum Gasteiger partial charge on any atom is -0.493 e. The zero-order valence-electron chi connectivity index (χ0n) is 25.1. The van der Waals surface area contributed by atoms with E-state index in [1.54, 1.807) is 37.3 Å². The maximum absolute atomic E-state index is 14.3. The van der Waals surface area contributed by atoms with Crippen molar-refractivity contribution in [2.45, 2.75) is 63.9 Å². The maximum atomic E-state index is 14.3. The zero-order chi connectivity index (χ0) is 31.9. The van der Waals surface area contributed by atoms with E-state index in [2.05, 4.69) is 18.1 Å². The van der Waals surface area contributed by atoms with Gasteiger partial charge in [-0.3, -0.25) is 23.7 Å². The minimum absolute atomic E-state index is 0.151. The van der Waals surface area contributed by atoms with Crippen LogP contribution in [0.25, 0.3) is 0 Å². The molecule has 5 atom stereocenters. The number of unbranched alkanes of at least 4 members (excludes halogenated alkanes) is 2. The van der Waals surface area contributed by atoms with E-state index in [1.165, 1.54) is 23.9 Å². The summed E-state index contributed by atoms with van der Waals surface area (Å²) in [5, 5.41) is 11.2. The molecule has 0 radical (unpaired) electrons. The van der Waals surface area contributed by atoms with Gasteiger partial charge in [0.2, 0.25) is 0 Å². The SMILES string of the molecule is C=CCCCCOC(=O)[C@H](C)CP(=O)(OC[C@H]1O[C@@H](n2ccc(=O)[nH]c2=O)C2(CC2)[C@@H]1O)Oc1ccc(CC=C)cc1OC. The number of H-pyrrole nitrogens is 1. The quantitative estimate of drug-likeness (QED) is 0.113. The van der Waals surface area contributed by atoms with Crippen LogP contribution in [0.3, 0.4) is 0 Å². The van der Waals surface area contributed by atoms with Crippen LogP contribution in [-0.2, 0) is 29.8 Å². The van der Waals surface area contributed by atoms with E-state index in [0.29, 0.717) is 31.4 Å². The van der Waals surface area contributed by atoms with Crippen molar-refractivity contribution in [2.24, 2.45) is 11.3 Å². The number of nitrogens with one attached hydrogen (secondary N) is 1. The first-order chi connectivity index (χ1) is 21.1. The lowest BCUT2D eigenvalue weighted by atomic mass is 9.96. The summed E-state index contributed by atoms with van der Waals surface area (Å²) in [6.45, 7) is 8.87. The summed E-state index contributed by atoms with van der Waals surface area (Å²) >= 11 is 0. The van der Waals surface area contributed by atoms with Crippen LogP contribution in [0.2, 0.25) is 0 Å². The molecule has 4 rings (SSSR count). The minimum atomic E-state index is -4.10. The molecule has 13 heteroatoms. The number of carbonyl (C=O) groups is 1. The summed E-state index contributed by atoms with van der Waals surface area (Å²) in [4.78, 5) is 39.1. The van der Waals surface area contributed by atoms with Gasteiger partial charge in [0.05, 0.1) is 38.5 Å². The molecule has 0 bridgehead atoms. The fourth-order valence-corrected chi connectivity index (χ4v) is 7.19. The molecule has 1 aromatic heterocycles. The number of allylic oxidation sites excluding steroid dienone is 2. The number of rotatable bonds is 17. The van der Waals surface area contributed by atoms with Crippen LogP contribution >= 0.6 is 7.60 Å². The van der Waals surface area contributed by atoms with E-state index in [4.69, 9.17) is 23.3 Å². The molecule has 2 heterocycles.